The molecule has 0 aliphatic heterocycles. The Balaban J connectivity index is 3.08. The molecular weight excluding hydrogens is 256 g/mol. The number of rotatable bonds is 3. The Labute approximate surface area is 98.1 Å². The third kappa shape index (κ3) is 2.93. The normalized spacial score (nSPS) is 11.3. The van der Waals surface area contributed by atoms with Crippen LogP contribution in [0.5, 0.6) is 0 Å². The molecule has 1 rings (SSSR count). The summed E-state index contributed by atoms with van der Waals surface area (Å²) < 4.78 is 4.71. The molecule has 0 amide bonds. The molecule has 0 saturated heterocycles. The summed E-state index contributed by atoms with van der Waals surface area (Å²) in [6, 6.07) is 7.81. The zero-order valence-corrected chi connectivity index (χ0v) is 10.4. The zero-order chi connectivity index (χ0) is 11.3. The first kappa shape index (κ1) is 12.0. The van der Waals surface area contributed by atoms with Crippen molar-refractivity contribution >= 4 is 27.5 Å². The molecule has 0 heterocycles. The number of methoxy groups -OCH3 is 1. The number of hydrogen-bond donors (Lipinski definition) is 0. The Morgan fingerprint density at radius 3 is 2.80 bits per heavy atom. The van der Waals surface area contributed by atoms with Gasteiger partial charge in [-0.25, -0.2) is 4.79 Å². The first-order chi connectivity index (χ1) is 7.22. The molecule has 0 aromatic heterocycles. The van der Waals surface area contributed by atoms with Gasteiger partial charge in [-0.05, 0) is 18.1 Å². The molecule has 1 aromatic rings. The van der Waals surface area contributed by atoms with Crippen LogP contribution in [0.3, 0.4) is 0 Å². The molecule has 0 N–H and O–H groups in total. The van der Waals surface area contributed by atoms with Crippen molar-refractivity contribution in [3.63, 3.8) is 0 Å². The van der Waals surface area contributed by atoms with Crippen LogP contribution in [0.15, 0.2) is 30.3 Å². The monoisotopic (exact) mass is 268 g/mol. The quantitative estimate of drug-likeness (QED) is 0.478. The third-order valence-corrected chi connectivity index (χ3v) is 2.73. The van der Waals surface area contributed by atoms with Crippen molar-refractivity contribution in [1.29, 1.82) is 0 Å². The Morgan fingerprint density at radius 1 is 1.53 bits per heavy atom. The number of benzene rings is 1. The highest BCUT2D eigenvalue weighted by Crippen LogP contribution is 2.18. The van der Waals surface area contributed by atoms with Crippen LogP contribution in [0.25, 0.3) is 5.57 Å². The highest BCUT2D eigenvalue weighted by atomic mass is 79.9. The van der Waals surface area contributed by atoms with Crippen molar-refractivity contribution in [2.75, 3.05) is 7.11 Å². The van der Waals surface area contributed by atoms with Gasteiger partial charge in [-0.3, -0.25) is 0 Å². The topological polar surface area (TPSA) is 26.3 Å². The van der Waals surface area contributed by atoms with E-state index in [-0.39, 0.29) is 5.97 Å². The standard InChI is InChI=1S/C12H13BrO2/c1-3-11(12(14)15-2)10-6-4-5-9(7-10)8-13/h3-7H,8H2,1-2H3. The van der Waals surface area contributed by atoms with Gasteiger partial charge in [-0.15, -0.1) is 0 Å². The summed E-state index contributed by atoms with van der Waals surface area (Å²) in [4.78, 5) is 11.4. The van der Waals surface area contributed by atoms with Crippen molar-refractivity contribution < 1.29 is 9.53 Å². The van der Waals surface area contributed by atoms with E-state index in [1.807, 2.05) is 31.2 Å². The summed E-state index contributed by atoms with van der Waals surface area (Å²) in [6.07, 6.45) is 1.76. The highest BCUT2D eigenvalue weighted by molar-refractivity contribution is 9.08. The summed E-state index contributed by atoms with van der Waals surface area (Å²) in [7, 11) is 1.39. The lowest BCUT2D eigenvalue weighted by atomic mass is 10.0. The summed E-state index contributed by atoms with van der Waals surface area (Å²) in [5, 5.41) is 0.777. The lowest BCUT2D eigenvalue weighted by Crippen LogP contribution is -2.03. The van der Waals surface area contributed by atoms with E-state index in [2.05, 4.69) is 15.9 Å². The van der Waals surface area contributed by atoms with Gasteiger partial charge in [0.1, 0.15) is 0 Å². The molecule has 0 saturated carbocycles. The van der Waals surface area contributed by atoms with Gasteiger partial charge >= 0.3 is 5.97 Å². The van der Waals surface area contributed by atoms with Gasteiger partial charge in [-0.2, -0.15) is 0 Å². The van der Waals surface area contributed by atoms with Crippen molar-refractivity contribution in [2.24, 2.45) is 0 Å². The van der Waals surface area contributed by atoms with Gasteiger partial charge in [0.15, 0.2) is 0 Å². The molecule has 0 fully saturated rings. The van der Waals surface area contributed by atoms with Crippen molar-refractivity contribution in [3.8, 4) is 0 Å². The number of halogens is 1. The van der Waals surface area contributed by atoms with E-state index in [0.29, 0.717) is 5.57 Å². The van der Waals surface area contributed by atoms with Gasteiger partial charge in [0.05, 0.1) is 12.7 Å². The molecule has 0 unspecified atom stereocenters. The first-order valence-corrected chi connectivity index (χ1v) is 5.75. The predicted octanol–water partition coefficient (Wildman–Crippen LogP) is 3.16. The van der Waals surface area contributed by atoms with Gasteiger partial charge < -0.3 is 4.74 Å². The molecule has 2 nitrogen and oxygen atoms in total. The number of allylic oxidation sites excluding steroid dienone is 1. The summed E-state index contributed by atoms with van der Waals surface area (Å²) in [5.41, 5.74) is 2.62. The molecule has 1 aromatic carbocycles. The number of ether oxygens (including phenoxy) is 1. The molecule has 3 heteroatoms. The van der Waals surface area contributed by atoms with Gasteiger partial charge in [0.2, 0.25) is 0 Å². The largest absolute Gasteiger partial charge is 0.465 e. The van der Waals surface area contributed by atoms with Gasteiger partial charge in [0, 0.05) is 5.33 Å². The maximum absolute atomic E-state index is 11.4. The number of hydrogen-bond acceptors (Lipinski definition) is 2. The number of carbonyl (C=O) groups excluding carboxylic acids is 1. The van der Waals surface area contributed by atoms with Crippen LogP contribution in [-0.4, -0.2) is 13.1 Å². The Morgan fingerprint density at radius 2 is 2.27 bits per heavy atom. The molecule has 0 spiro atoms. The molecular formula is C12H13BrO2. The Kier molecular flexibility index (Phi) is 4.56. The van der Waals surface area contributed by atoms with E-state index in [0.717, 1.165) is 16.5 Å². The van der Waals surface area contributed by atoms with E-state index in [1.54, 1.807) is 6.08 Å². The van der Waals surface area contributed by atoms with E-state index in [1.165, 1.54) is 7.11 Å². The second-order valence-electron chi connectivity index (χ2n) is 3.03. The molecule has 0 aliphatic rings. The van der Waals surface area contributed by atoms with Crippen LogP contribution in [0.2, 0.25) is 0 Å². The Bertz CT molecular complexity index is 383. The minimum absolute atomic E-state index is 0.302. The first-order valence-electron chi connectivity index (χ1n) is 4.62. The minimum atomic E-state index is -0.302. The lowest BCUT2D eigenvalue weighted by Gasteiger charge is -2.06. The van der Waals surface area contributed by atoms with E-state index < -0.39 is 0 Å². The fraction of sp³-hybridized carbons (Fsp3) is 0.250. The van der Waals surface area contributed by atoms with Crippen LogP contribution in [0, 0.1) is 0 Å². The van der Waals surface area contributed by atoms with E-state index in [4.69, 9.17) is 4.74 Å². The second-order valence-corrected chi connectivity index (χ2v) is 3.59. The predicted molar refractivity (Wildman–Crippen MR) is 64.7 cm³/mol. The lowest BCUT2D eigenvalue weighted by molar-refractivity contribution is -0.133. The van der Waals surface area contributed by atoms with Crippen LogP contribution in [0.4, 0.5) is 0 Å². The Hall–Kier alpha value is -1.09. The third-order valence-electron chi connectivity index (χ3n) is 2.09. The van der Waals surface area contributed by atoms with Crippen LogP contribution >= 0.6 is 15.9 Å². The second kappa shape index (κ2) is 5.71. The average Bonchev–Trinajstić information content (AvgIpc) is 2.30. The van der Waals surface area contributed by atoms with Gasteiger partial charge in [-0.1, -0.05) is 46.3 Å². The van der Waals surface area contributed by atoms with Gasteiger partial charge in [0.25, 0.3) is 0 Å². The molecule has 0 bridgehead atoms. The summed E-state index contributed by atoms with van der Waals surface area (Å²) >= 11 is 3.38. The molecule has 0 radical (unpaired) electrons. The summed E-state index contributed by atoms with van der Waals surface area (Å²) in [6.45, 7) is 1.83. The fourth-order valence-corrected chi connectivity index (χ4v) is 1.68. The van der Waals surface area contributed by atoms with Crippen LogP contribution in [0.1, 0.15) is 18.1 Å². The summed E-state index contributed by atoms with van der Waals surface area (Å²) in [5.74, 6) is -0.302. The number of alkyl halides is 1. The zero-order valence-electron chi connectivity index (χ0n) is 8.79. The highest BCUT2D eigenvalue weighted by Gasteiger charge is 2.10. The maximum atomic E-state index is 11.4. The molecule has 15 heavy (non-hydrogen) atoms. The van der Waals surface area contributed by atoms with Crippen molar-refractivity contribution in [1.82, 2.24) is 0 Å². The molecule has 80 valence electrons. The van der Waals surface area contributed by atoms with Crippen LogP contribution < -0.4 is 0 Å². The van der Waals surface area contributed by atoms with Crippen molar-refractivity contribution in [2.45, 2.75) is 12.3 Å². The SMILES string of the molecule is CC=C(C(=O)OC)c1cccc(CBr)c1. The van der Waals surface area contributed by atoms with Crippen molar-refractivity contribution in [3.05, 3.63) is 41.5 Å². The van der Waals surface area contributed by atoms with Crippen LogP contribution in [-0.2, 0) is 14.9 Å². The smallest absolute Gasteiger partial charge is 0.338 e. The average molecular weight is 269 g/mol. The minimum Gasteiger partial charge on any atom is -0.465 e. The fourth-order valence-electron chi connectivity index (χ4n) is 1.33. The maximum Gasteiger partial charge on any atom is 0.338 e. The van der Waals surface area contributed by atoms with E-state index in [9.17, 15) is 4.79 Å². The molecule has 0 aliphatic carbocycles. The molecule has 0 atom stereocenters. The number of esters is 1. The number of carbonyl (C=O) groups is 1. The van der Waals surface area contributed by atoms with E-state index >= 15 is 0 Å².